The number of carbonyl (C=O) groups is 1. The Morgan fingerprint density at radius 2 is 1.70 bits per heavy atom. The van der Waals surface area contributed by atoms with Crippen molar-refractivity contribution in [2.45, 2.75) is 0 Å². The van der Waals surface area contributed by atoms with Gasteiger partial charge in [-0.15, -0.1) is 15.0 Å². The van der Waals surface area contributed by atoms with E-state index >= 15 is 0 Å². The highest BCUT2D eigenvalue weighted by molar-refractivity contribution is 5.88. The van der Waals surface area contributed by atoms with Crippen molar-refractivity contribution in [2.75, 3.05) is 14.2 Å². The van der Waals surface area contributed by atoms with Gasteiger partial charge in [-0.05, 0) is 12.1 Å². The third kappa shape index (κ3) is 2.88. The number of carboxylic acid groups (broad SMARTS) is 1. The molecular formula is C11H10N4O5. The lowest BCUT2D eigenvalue weighted by atomic mass is 10.3. The highest BCUT2D eigenvalue weighted by Crippen LogP contribution is 2.23. The maximum Gasteiger partial charge on any atom is 0.358 e. The van der Waals surface area contributed by atoms with E-state index in [9.17, 15) is 4.79 Å². The van der Waals surface area contributed by atoms with Gasteiger partial charge in [-0.25, -0.2) is 9.78 Å². The van der Waals surface area contributed by atoms with Crippen LogP contribution in [0.15, 0.2) is 18.3 Å². The van der Waals surface area contributed by atoms with Crippen LogP contribution in [0.3, 0.4) is 0 Å². The molecule has 0 aliphatic carbocycles. The first kappa shape index (κ1) is 13.5. The van der Waals surface area contributed by atoms with Crippen LogP contribution in [0.2, 0.25) is 0 Å². The van der Waals surface area contributed by atoms with Crippen molar-refractivity contribution in [3.63, 3.8) is 0 Å². The zero-order valence-corrected chi connectivity index (χ0v) is 10.6. The van der Waals surface area contributed by atoms with E-state index in [2.05, 4.69) is 19.9 Å². The molecule has 0 aromatic carbocycles. The summed E-state index contributed by atoms with van der Waals surface area (Å²) in [7, 11) is 2.73. The third-order valence-electron chi connectivity index (χ3n) is 2.11. The molecule has 0 spiro atoms. The number of aromatic nitrogens is 4. The lowest BCUT2D eigenvalue weighted by Gasteiger charge is -2.07. The number of carboxylic acids is 1. The fourth-order valence-electron chi connectivity index (χ4n) is 1.28. The second kappa shape index (κ2) is 5.78. The molecule has 20 heavy (non-hydrogen) atoms. The molecule has 0 atom stereocenters. The smallest absolute Gasteiger partial charge is 0.358 e. The first-order chi connectivity index (χ1) is 9.63. The SMILES string of the molecule is COc1nc(OC)nc(Oc2cccnc2C(=O)O)n1. The monoisotopic (exact) mass is 278 g/mol. The van der Waals surface area contributed by atoms with E-state index in [-0.39, 0.29) is 29.5 Å². The van der Waals surface area contributed by atoms with Gasteiger partial charge in [-0.3, -0.25) is 0 Å². The third-order valence-corrected chi connectivity index (χ3v) is 2.11. The summed E-state index contributed by atoms with van der Waals surface area (Å²) in [4.78, 5) is 26.2. The van der Waals surface area contributed by atoms with Gasteiger partial charge < -0.3 is 19.3 Å². The van der Waals surface area contributed by atoms with Crippen molar-refractivity contribution < 1.29 is 24.1 Å². The number of rotatable bonds is 5. The topological polar surface area (TPSA) is 117 Å². The summed E-state index contributed by atoms with van der Waals surface area (Å²) in [6.07, 6.45) is 1.34. The van der Waals surface area contributed by atoms with E-state index in [1.165, 1.54) is 32.5 Å². The van der Waals surface area contributed by atoms with Gasteiger partial charge in [0.1, 0.15) is 0 Å². The summed E-state index contributed by atoms with van der Waals surface area (Å²) in [5.41, 5.74) is -0.258. The molecule has 0 aliphatic rings. The van der Waals surface area contributed by atoms with Crippen LogP contribution in [0.4, 0.5) is 0 Å². The molecule has 0 amide bonds. The van der Waals surface area contributed by atoms with Gasteiger partial charge in [0.05, 0.1) is 14.2 Å². The number of hydrogen-bond donors (Lipinski definition) is 1. The molecular weight excluding hydrogens is 268 g/mol. The zero-order valence-electron chi connectivity index (χ0n) is 10.6. The van der Waals surface area contributed by atoms with Crippen molar-refractivity contribution >= 4 is 5.97 Å². The average Bonchev–Trinajstić information content (AvgIpc) is 2.47. The van der Waals surface area contributed by atoms with Crippen molar-refractivity contribution in [3.8, 4) is 23.8 Å². The molecule has 2 rings (SSSR count). The Morgan fingerprint density at radius 1 is 1.10 bits per heavy atom. The van der Waals surface area contributed by atoms with Gasteiger partial charge in [0, 0.05) is 6.20 Å². The van der Waals surface area contributed by atoms with Gasteiger partial charge >= 0.3 is 24.0 Å². The van der Waals surface area contributed by atoms with Crippen LogP contribution >= 0.6 is 0 Å². The molecule has 0 aliphatic heterocycles. The summed E-state index contributed by atoms with van der Waals surface area (Å²) in [5.74, 6) is -1.23. The van der Waals surface area contributed by atoms with E-state index in [1.54, 1.807) is 0 Å². The summed E-state index contributed by atoms with van der Waals surface area (Å²) in [6.45, 7) is 0. The lowest BCUT2D eigenvalue weighted by Crippen LogP contribution is -2.05. The van der Waals surface area contributed by atoms with Gasteiger partial charge in [-0.2, -0.15) is 0 Å². The summed E-state index contributed by atoms with van der Waals surface area (Å²) >= 11 is 0. The van der Waals surface area contributed by atoms with Crippen molar-refractivity contribution in [2.24, 2.45) is 0 Å². The maximum atomic E-state index is 11.0. The first-order valence-corrected chi connectivity index (χ1v) is 5.34. The number of pyridine rings is 1. The average molecular weight is 278 g/mol. The quantitative estimate of drug-likeness (QED) is 0.846. The second-order valence-corrected chi connectivity index (χ2v) is 3.35. The van der Waals surface area contributed by atoms with Gasteiger partial charge in [0.15, 0.2) is 11.4 Å². The van der Waals surface area contributed by atoms with Crippen LogP contribution in [-0.4, -0.2) is 45.2 Å². The number of hydrogen-bond acceptors (Lipinski definition) is 8. The van der Waals surface area contributed by atoms with E-state index in [4.69, 9.17) is 19.3 Å². The fourth-order valence-corrected chi connectivity index (χ4v) is 1.28. The van der Waals surface area contributed by atoms with Crippen molar-refractivity contribution in [3.05, 3.63) is 24.0 Å². The van der Waals surface area contributed by atoms with Gasteiger partial charge in [0.25, 0.3) is 0 Å². The van der Waals surface area contributed by atoms with E-state index in [0.717, 1.165) is 0 Å². The maximum absolute atomic E-state index is 11.0. The van der Waals surface area contributed by atoms with Crippen LogP contribution in [0.5, 0.6) is 23.8 Å². The standard InChI is InChI=1S/C11H10N4O5/c1-18-9-13-10(19-2)15-11(14-9)20-6-4-3-5-12-7(6)8(16)17/h3-5H,1-2H3,(H,16,17). The lowest BCUT2D eigenvalue weighted by molar-refractivity contribution is 0.0687. The van der Waals surface area contributed by atoms with Crippen LogP contribution in [-0.2, 0) is 0 Å². The van der Waals surface area contributed by atoms with Crippen LogP contribution in [0.1, 0.15) is 10.5 Å². The Hall–Kier alpha value is -2.97. The highest BCUT2D eigenvalue weighted by atomic mass is 16.5. The highest BCUT2D eigenvalue weighted by Gasteiger charge is 2.16. The minimum Gasteiger partial charge on any atom is -0.476 e. The first-order valence-electron chi connectivity index (χ1n) is 5.34. The number of aromatic carboxylic acids is 1. The molecule has 0 fully saturated rings. The molecule has 1 N–H and O–H groups in total. The van der Waals surface area contributed by atoms with Crippen molar-refractivity contribution in [1.29, 1.82) is 0 Å². The van der Waals surface area contributed by atoms with E-state index in [1.807, 2.05) is 0 Å². The molecule has 0 saturated heterocycles. The molecule has 2 heterocycles. The Morgan fingerprint density at radius 3 is 2.25 bits per heavy atom. The summed E-state index contributed by atoms with van der Waals surface area (Å²) in [5, 5.41) is 9.00. The van der Waals surface area contributed by atoms with E-state index < -0.39 is 5.97 Å². The van der Waals surface area contributed by atoms with E-state index in [0.29, 0.717) is 0 Å². The minimum atomic E-state index is -1.23. The predicted octanol–water partition coefficient (Wildman–Crippen LogP) is 0.774. The number of methoxy groups -OCH3 is 2. The molecule has 104 valence electrons. The molecule has 9 heteroatoms. The van der Waals surface area contributed by atoms with Crippen LogP contribution in [0, 0.1) is 0 Å². The largest absolute Gasteiger partial charge is 0.476 e. The summed E-state index contributed by atoms with van der Waals surface area (Å²) in [6, 6.07) is 2.75. The van der Waals surface area contributed by atoms with Gasteiger partial charge in [-0.1, -0.05) is 0 Å². The van der Waals surface area contributed by atoms with Gasteiger partial charge in [0.2, 0.25) is 0 Å². The Kier molecular flexibility index (Phi) is 3.89. The Labute approximate surface area is 113 Å². The predicted molar refractivity (Wildman–Crippen MR) is 64.2 cm³/mol. The Bertz CT molecular complexity index is 612. The fraction of sp³-hybridized carbons (Fsp3) is 0.182. The second-order valence-electron chi connectivity index (χ2n) is 3.35. The molecule has 2 aromatic heterocycles. The zero-order chi connectivity index (χ0) is 14.5. The number of nitrogens with zero attached hydrogens (tertiary/aromatic N) is 4. The normalized spacial score (nSPS) is 9.90. The molecule has 0 bridgehead atoms. The van der Waals surface area contributed by atoms with Crippen LogP contribution < -0.4 is 14.2 Å². The van der Waals surface area contributed by atoms with Crippen LogP contribution in [0.25, 0.3) is 0 Å². The summed E-state index contributed by atoms with van der Waals surface area (Å²) < 4.78 is 15.0. The molecule has 9 nitrogen and oxygen atoms in total. The molecule has 0 saturated carbocycles. The molecule has 0 radical (unpaired) electrons. The molecule has 0 unspecified atom stereocenters. The van der Waals surface area contributed by atoms with Crippen molar-refractivity contribution in [1.82, 2.24) is 19.9 Å². The minimum absolute atomic E-state index is 0.00435. The number of ether oxygens (including phenoxy) is 3. The Balaban J connectivity index is 2.37. The molecule has 2 aromatic rings.